The highest BCUT2D eigenvalue weighted by Crippen LogP contribution is 2.27. The minimum absolute atomic E-state index is 0.172. The van der Waals surface area contributed by atoms with Crippen molar-refractivity contribution >= 4 is 15.9 Å². The number of rotatable bonds is 2. The van der Waals surface area contributed by atoms with Gasteiger partial charge in [-0.1, -0.05) is 0 Å². The number of nitrogens with one attached hydrogen (secondary N) is 1. The van der Waals surface area contributed by atoms with Crippen LogP contribution in [-0.4, -0.2) is 9.97 Å². The second-order valence-corrected chi connectivity index (χ2v) is 4.06. The molecule has 1 unspecified atom stereocenters. The normalized spacial score (nSPS) is 12.8. The maximum absolute atomic E-state index is 13.7. The molecule has 3 N–H and O–H groups in total. The van der Waals surface area contributed by atoms with Gasteiger partial charge in [0, 0.05) is 18.0 Å². The Morgan fingerprint density at radius 2 is 2.12 bits per heavy atom. The van der Waals surface area contributed by atoms with Gasteiger partial charge in [-0.2, -0.15) is 0 Å². The predicted octanol–water partition coefficient (Wildman–Crippen LogP) is 2.50. The van der Waals surface area contributed by atoms with Crippen molar-refractivity contribution in [2.45, 2.75) is 6.04 Å². The van der Waals surface area contributed by atoms with Gasteiger partial charge in [0.25, 0.3) is 0 Å². The van der Waals surface area contributed by atoms with Crippen LogP contribution < -0.4 is 5.73 Å². The Morgan fingerprint density at radius 3 is 2.75 bits per heavy atom. The molecule has 0 amide bonds. The van der Waals surface area contributed by atoms with Crippen molar-refractivity contribution in [3.8, 4) is 0 Å². The molecule has 0 aliphatic heterocycles. The van der Waals surface area contributed by atoms with Crippen LogP contribution in [0.5, 0.6) is 0 Å². The number of hydrogen-bond acceptors (Lipinski definition) is 2. The van der Waals surface area contributed by atoms with Crippen molar-refractivity contribution in [2.75, 3.05) is 0 Å². The van der Waals surface area contributed by atoms with E-state index in [9.17, 15) is 8.78 Å². The van der Waals surface area contributed by atoms with E-state index in [0.29, 0.717) is 5.82 Å². The number of benzene rings is 1. The van der Waals surface area contributed by atoms with Crippen LogP contribution in [0.25, 0.3) is 0 Å². The van der Waals surface area contributed by atoms with Crippen molar-refractivity contribution < 1.29 is 8.78 Å². The molecule has 2 rings (SSSR count). The number of imidazole rings is 1. The van der Waals surface area contributed by atoms with Crippen LogP contribution in [0.3, 0.4) is 0 Å². The Balaban J connectivity index is 2.52. The highest BCUT2D eigenvalue weighted by atomic mass is 79.9. The van der Waals surface area contributed by atoms with E-state index in [4.69, 9.17) is 5.73 Å². The number of H-pyrrole nitrogens is 1. The molecular weight excluding hydrogens is 280 g/mol. The summed E-state index contributed by atoms with van der Waals surface area (Å²) < 4.78 is 27.4. The first-order valence-corrected chi connectivity index (χ1v) is 5.29. The number of aromatic amines is 1. The lowest BCUT2D eigenvalue weighted by atomic mass is 10.1. The van der Waals surface area contributed by atoms with Crippen molar-refractivity contribution in [3.63, 3.8) is 0 Å². The molecule has 1 atom stereocenters. The smallest absolute Gasteiger partial charge is 0.145 e. The molecule has 16 heavy (non-hydrogen) atoms. The first kappa shape index (κ1) is 11.2. The Morgan fingerprint density at radius 1 is 1.38 bits per heavy atom. The van der Waals surface area contributed by atoms with Gasteiger partial charge < -0.3 is 10.7 Å². The van der Waals surface area contributed by atoms with Crippen molar-refractivity contribution in [1.82, 2.24) is 9.97 Å². The SMILES string of the molecule is NC(c1ncc[nH]1)c1c(F)ccc(Br)c1F. The zero-order valence-corrected chi connectivity index (χ0v) is 9.63. The van der Waals surface area contributed by atoms with Gasteiger partial charge in [0.1, 0.15) is 17.5 Å². The highest BCUT2D eigenvalue weighted by Gasteiger charge is 2.21. The van der Waals surface area contributed by atoms with Gasteiger partial charge in [-0.3, -0.25) is 0 Å². The Kier molecular flexibility index (Phi) is 3.02. The van der Waals surface area contributed by atoms with Gasteiger partial charge in [0.05, 0.1) is 10.5 Å². The maximum Gasteiger partial charge on any atom is 0.145 e. The standard InChI is InChI=1S/C10H8BrF2N3/c11-5-1-2-6(12)7(8(5)13)9(14)10-15-3-4-16-10/h1-4,9H,14H2,(H,15,16). The fourth-order valence-electron chi connectivity index (χ4n) is 1.41. The lowest BCUT2D eigenvalue weighted by Gasteiger charge is -2.12. The van der Waals surface area contributed by atoms with Gasteiger partial charge >= 0.3 is 0 Å². The van der Waals surface area contributed by atoms with Gasteiger partial charge in [0.2, 0.25) is 0 Å². The van der Waals surface area contributed by atoms with E-state index in [2.05, 4.69) is 25.9 Å². The number of nitrogens with zero attached hydrogens (tertiary/aromatic N) is 1. The fraction of sp³-hybridized carbons (Fsp3) is 0.100. The fourth-order valence-corrected chi connectivity index (χ4v) is 1.76. The molecule has 0 radical (unpaired) electrons. The molecule has 0 aliphatic carbocycles. The summed E-state index contributed by atoms with van der Waals surface area (Å²) in [5, 5.41) is 0. The first-order valence-electron chi connectivity index (χ1n) is 4.49. The molecule has 6 heteroatoms. The quantitative estimate of drug-likeness (QED) is 0.834. The second kappa shape index (κ2) is 4.31. The number of aromatic nitrogens is 2. The molecule has 0 bridgehead atoms. The molecule has 0 spiro atoms. The van der Waals surface area contributed by atoms with Gasteiger partial charge in [-0.15, -0.1) is 0 Å². The lowest BCUT2D eigenvalue weighted by molar-refractivity contribution is 0.534. The third-order valence-electron chi connectivity index (χ3n) is 2.20. The van der Waals surface area contributed by atoms with Crippen LogP contribution in [0.1, 0.15) is 17.4 Å². The molecule has 1 aromatic heterocycles. The minimum atomic E-state index is -0.951. The van der Waals surface area contributed by atoms with Crippen molar-refractivity contribution in [2.24, 2.45) is 5.73 Å². The van der Waals surface area contributed by atoms with Crippen molar-refractivity contribution in [3.05, 3.63) is 52.0 Å². The van der Waals surface area contributed by atoms with Gasteiger partial charge in [-0.05, 0) is 28.1 Å². The monoisotopic (exact) mass is 287 g/mol. The summed E-state index contributed by atoms with van der Waals surface area (Å²) in [4.78, 5) is 6.60. The van der Waals surface area contributed by atoms with Crippen LogP contribution >= 0.6 is 15.9 Å². The Bertz CT molecular complexity index is 499. The highest BCUT2D eigenvalue weighted by molar-refractivity contribution is 9.10. The molecule has 1 heterocycles. The summed E-state index contributed by atoms with van der Waals surface area (Å²) in [5.74, 6) is -1.08. The topological polar surface area (TPSA) is 54.7 Å². The molecule has 0 aliphatic rings. The third kappa shape index (κ3) is 1.85. The predicted molar refractivity (Wildman–Crippen MR) is 58.7 cm³/mol. The largest absolute Gasteiger partial charge is 0.347 e. The van der Waals surface area contributed by atoms with Crippen LogP contribution in [0, 0.1) is 11.6 Å². The number of halogens is 3. The van der Waals surface area contributed by atoms with Crippen LogP contribution in [0.4, 0.5) is 8.78 Å². The molecule has 0 fully saturated rings. The number of nitrogens with two attached hydrogens (primary N) is 1. The van der Waals surface area contributed by atoms with E-state index >= 15 is 0 Å². The molecule has 1 aromatic carbocycles. The lowest BCUT2D eigenvalue weighted by Crippen LogP contribution is -2.17. The molecule has 84 valence electrons. The molecule has 0 saturated heterocycles. The van der Waals surface area contributed by atoms with Gasteiger partial charge in [0.15, 0.2) is 0 Å². The molecule has 3 nitrogen and oxygen atoms in total. The molecular formula is C10H8BrF2N3. The average Bonchev–Trinajstić information content (AvgIpc) is 2.77. The Hall–Kier alpha value is -1.27. The zero-order chi connectivity index (χ0) is 11.7. The van der Waals surface area contributed by atoms with Crippen LogP contribution in [0.2, 0.25) is 0 Å². The minimum Gasteiger partial charge on any atom is -0.347 e. The Labute approximate surface area is 98.8 Å². The number of hydrogen-bond donors (Lipinski definition) is 2. The van der Waals surface area contributed by atoms with Crippen LogP contribution in [0.15, 0.2) is 29.0 Å². The summed E-state index contributed by atoms with van der Waals surface area (Å²) in [6.45, 7) is 0. The van der Waals surface area contributed by atoms with E-state index in [1.807, 2.05) is 0 Å². The van der Waals surface area contributed by atoms with E-state index < -0.39 is 17.7 Å². The summed E-state index contributed by atoms with van der Waals surface area (Å²) >= 11 is 2.98. The van der Waals surface area contributed by atoms with Crippen LogP contribution in [-0.2, 0) is 0 Å². The maximum atomic E-state index is 13.7. The third-order valence-corrected chi connectivity index (χ3v) is 2.82. The van der Waals surface area contributed by atoms with E-state index in [0.717, 1.165) is 6.07 Å². The average molecular weight is 288 g/mol. The summed E-state index contributed by atoms with van der Waals surface area (Å²) in [5.41, 5.74) is 5.53. The molecule has 2 aromatic rings. The second-order valence-electron chi connectivity index (χ2n) is 3.21. The molecule has 0 saturated carbocycles. The zero-order valence-electron chi connectivity index (χ0n) is 8.05. The van der Waals surface area contributed by atoms with Gasteiger partial charge in [-0.25, -0.2) is 13.8 Å². The van der Waals surface area contributed by atoms with Crippen molar-refractivity contribution in [1.29, 1.82) is 0 Å². The first-order chi connectivity index (χ1) is 7.61. The summed E-state index contributed by atoms with van der Waals surface area (Å²) in [6, 6.07) is 1.50. The summed E-state index contributed by atoms with van der Waals surface area (Å²) in [6.07, 6.45) is 3.02. The summed E-state index contributed by atoms with van der Waals surface area (Å²) in [7, 11) is 0. The van der Waals surface area contributed by atoms with E-state index in [1.165, 1.54) is 12.3 Å². The van der Waals surface area contributed by atoms with E-state index in [-0.39, 0.29) is 10.0 Å². The van der Waals surface area contributed by atoms with E-state index in [1.54, 1.807) is 6.20 Å².